The first-order chi connectivity index (χ1) is 24.3. The molecule has 0 amide bonds. The number of hydrogen-bond acceptors (Lipinski definition) is 12. The van der Waals surface area contributed by atoms with Crippen molar-refractivity contribution in [2.45, 2.75) is 168 Å². The third kappa shape index (κ3) is 41.4. The van der Waals surface area contributed by atoms with E-state index in [4.69, 9.17) is 33.9 Å². The van der Waals surface area contributed by atoms with Crippen molar-refractivity contribution in [2.24, 2.45) is 0 Å². The summed E-state index contributed by atoms with van der Waals surface area (Å²) in [6.45, 7) is 6.81. The molecule has 1 fully saturated rings. The van der Waals surface area contributed by atoms with Crippen molar-refractivity contribution in [2.75, 3.05) is 46.2 Å². The Morgan fingerprint density at radius 1 is 0.500 bits per heavy atom. The molecule has 0 aromatic carbocycles. The highest BCUT2D eigenvalue weighted by Gasteiger charge is 2.08. The molecule has 294 valence electrons. The summed E-state index contributed by atoms with van der Waals surface area (Å²) in [5.74, 6) is -0.840. The average Bonchev–Trinajstić information content (AvgIpc) is 3.36. The summed E-state index contributed by atoms with van der Waals surface area (Å²) in [5, 5.41) is 16.8. The minimum atomic E-state index is -0.227. The Balaban J connectivity index is 0. The van der Waals surface area contributed by atoms with Gasteiger partial charge in [-0.1, -0.05) is 33.1 Å². The van der Waals surface area contributed by atoms with Gasteiger partial charge in [-0.15, -0.1) is 0 Å². The lowest BCUT2D eigenvalue weighted by molar-refractivity contribution is -0.145. The molecule has 12 nitrogen and oxygen atoms in total. The molecule has 50 heavy (non-hydrogen) atoms. The van der Waals surface area contributed by atoms with Crippen LogP contribution in [0.3, 0.4) is 0 Å². The summed E-state index contributed by atoms with van der Waals surface area (Å²) in [6.07, 6.45) is 18.2. The summed E-state index contributed by atoms with van der Waals surface area (Å²) >= 11 is 0. The molecule has 0 atom stereocenters. The molecule has 0 aromatic heterocycles. The largest absolute Gasteiger partial charge is 0.466 e. The van der Waals surface area contributed by atoms with Crippen LogP contribution in [0.15, 0.2) is 0 Å². The summed E-state index contributed by atoms with van der Waals surface area (Å²) < 4.78 is 25.4. The minimum absolute atomic E-state index is 0.0255. The molecule has 0 aliphatic carbocycles. The third-order valence-corrected chi connectivity index (χ3v) is 7.46. The zero-order chi connectivity index (χ0) is 37.3. The van der Waals surface area contributed by atoms with E-state index in [0.717, 1.165) is 96.3 Å². The van der Waals surface area contributed by atoms with Gasteiger partial charge in [0.05, 0.1) is 33.0 Å². The number of unbranched alkanes of at least 4 members (excludes halogenated alkanes) is 10. The van der Waals surface area contributed by atoms with E-state index in [9.17, 15) is 24.0 Å². The Morgan fingerprint density at radius 3 is 1.24 bits per heavy atom. The van der Waals surface area contributed by atoms with Crippen LogP contribution < -0.4 is 0 Å². The van der Waals surface area contributed by atoms with Crippen LogP contribution >= 0.6 is 0 Å². The van der Waals surface area contributed by atoms with Crippen LogP contribution in [0.2, 0.25) is 0 Å². The molecule has 1 aliphatic heterocycles. The van der Waals surface area contributed by atoms with E-state index in [2.05, 4.69) is 6.92 Å². The first kappa shape index (κ1) is 49.4. The standard InChI is InChI=1S/C28H50O9.C6H10O2.C4H10O/c1-2-3-21-34-25(30)17-9-5-13-23-36-27(32)19-11-7-15-24-37-28(33)18-10-6-14-22-35-26(31)16-8-4-12-20-29;7-6-4-2-1-3-5-8-6;1-2-3-4-5/h29H,2-24H2,1H3;1-5H2;5H,2-4H2,1H3. The first-order valence-electron chi connectivity index (χ1n) is 19.3. The number of aliphatic hydroxyl groups is 2. The van der Waals surface area contributed by atoms with E-state index >= 15 is 0 Å². The van der Waals surface area contributed by atoms with Gasteiger partial charge in [-0.2, -0.15) is 0 Å². The zero-order valence-electron chi connectivity index (χ0n) is 31.4. The summed E-state index contributed by atoms with van der Waals surface area (Å²) in [4.78, 5) is 57.0. The fourth-order valence-corrected chi connectivity index (χ4v) is 4.34. The highest BCUT2D eigenvalue weighted by Crippen LogP contribution is 2.08. The van der Waals surface area contributed by atoms with E-state index in [1.165, 1.54) is 0 Å². The lowest BCUT2D eigenvalue weighted by Crippen LogP contribution is -2.08. The van der Waals surface area contributed by atoms with Crippen molar-refractivity contribution in [3.63, 3.8) is 0 Å². The quantitative estimate of drug-likeness (QED) is 0.0479. The van der Waals surface area contributed by atoms with Gasteiger partial charge in [0, 0.05) is 45.3 Å². The van der Waals surface area contributed by atoms with E-state index in [0.29, 0.717) is 97.4 Å². The lowest BCUT2D eigenvalue weighted by Gasteiger charge is -2.07. The van der Waals surface area contributed by atoms with Crippen molar-refractivity contribution in [1.82, 2.24) is 0 Å². The summed E-state index contributed by atoms with van der Waals surface area (Å²) in [6, 6.07) is 0. The van der Waals surface area contributed by atoms with Gasteiger partial charge in [0.1, 0.15) is 0 Å². The van der Waals surface area contributed by atoms with Gasteiger partial charge in [0.25, 0.3) is 0 Å². The molecule has 1 saturated heterocycles. The molecule has 0 bridgehead atoms. The molecule has 1 rings (SSSR count). The molecule has 1 heterocycles. The van der Waals surface area contributed by atoms with E-state index < -0.39 is 0 Å². The van der Waals surface area contributed by atoms with E-state index in [-0.39, 0.29) is 36.5 Å². The Hall–Kier alpha value is -2.73. The molecule has 12 heteroatoms. The van der Waals surface area contributed by atoms with Gasteiger partial charge in [-0.05, 0) is 103 Å². The van der Waals surface area contributed by atoms with Gasteiger partial charge in [0.15, 0.2) is 0 Å². The SMILES string of the molecule is CCCCO.CCCCOC(=O)CCCCCOC(=O)CCCCCOC(=O)CCCCCOC(=O)CCCCCO.O=C1CCCCCO1. The highest BCUT2D eigenvalue weighted by atomic mass is 16.5. The van der Waals surface area contributed by atoms with Gasteiger partial charge < -0.3 is 33.9 Å². The fourth-order valence-electron chi connectivity index (χ4n) is 4.34. The molecule has 2 N–H and O–H groups in total. The maximum Gasteiger partial charge on any atom is 0.305 e. The molecular formula is C38H70O12. The highest BCUT2D eigenvalue weighted by molar-refractivity contribution is 5.70. The third-order valence-electron chi connectivity index (χ3n) is 7.46. The zero-order valence-corrected chi connectivity index (χ0v) is 31.4. The fraction of sp³-hybridized carbons (Fsp3) is 0.868. The van der Waals surface area contributed by atoms with Gasteiger partial charge in [0.2, 0.25) is 0 Å². The number of esters is 5. The molecule has 0 aromatic rings. The van der Waals surface area contributed by atoms with Crippen LogP contribution in [0, 0.1) is 0 Å². The van der Waals surface area contributed by atoms with Crippen molar-refractivity contribution in [3.05, 3.63) is 0 Å². The van der Waals surface area contributed by atoms with Crippen LogP contribution in [-0.2, 0) is 47.7 Å². The number of ether oxygens (including phenoxy) is 5. The van der Waals surface area contributed by atoms with Crippen LogP contribution in [0.1, 0.15) is 168 Å². The van der Waals surface area contributed by atoms with Gasteiger partial charge in [-0.25, -0.2) is 0 Å². The Morgan fingerprint density at radius 2 is 0.880 bits per heavy atom. The number of rotatable bonds is 28. The molecule has 0 saturated carbocycles. The smallest absolute Gasteiger partial charge is 0.305 e. The monoisotopic (exact) mass is 718 g/mol. The molecule has 0 radical (unpaired) electrons. The Bertz CT molecular complexity index is 806. The van der Waals surface area contributed by atoms with Crippen molar-refractivity contribution in [3.8, 4) is 0 Å². The van der Waals surface area contributed by atoms with Crippen LogP contribution in [-0.4, -0.2) is 86.3 Å². The number of cyclic esters (lactones) is 1. The number of aliphatic hydroxyl groups excluding tert-OH is 2. The molecular weight excluding hydrogens is 648 g/mol. The Kier molecular flexibility index (Phi) is 40.2. The second-order valence-electron chi connectivity index (χ2n) is 12.3. The second kappa shape index (κ2) is 40.7. The second-order valence-corrected chi connectivity index (χ2v) is 12.3. The van der Waals surface area contributed by atoms with Gasteiger partial charge >= 0.3 is 29.8 Å². The summed E-state index contributed by atoms with van der Waals surface area (Å²) in [5.41, 5.74) is 0. The van der Waals surface area contributed by atoms with Crippen molar-refractivity contribution < 1.29 is 57.9 Å². The molecule has 1 aliphatic rings. The predicted octanol–water partition coefficient (Wildman–Crippen LogP) is 7.08. The van der Waals surface area contributed by atoms with Crippen LogP contribution in [0.5, 0.6) is 0 Å². The predicted molar refractivity (Wildman–Crippen MR) is 191 cm³/mol. The van der Waals surface area contributed by atoms with Crippen molar-refractivity contribution >= 4 is 29.8 Å². The lowest BCUT2D eigenvalue weighted by atomic mass is 10.2. The molecule has 0 spiro atoms. The van der Waals surface area contributed by atoms with Crippen molar-refractivity contribution in [1.29, 1.82) is 0 Å². The number of hydrogen-bond donors (Lipinski definition) is 2. The van der Waals surface area contributed by atoms with E-state index in [1.807, 2.05) is 6.92 Å². The summed E-state index contributed by atoms with van der Waals surface area (Å²) in [7, 11) is 0. The maximum absolute atomic E-state index is 11.8. The van der Waals surface area contributed by atoms with Crippen LogP contribution in [0.25, 0.3) is 0 Å². The topological polar surface area (TPSA) is 172 Å². The minimum Gasteiger partial charge on any atom is -0.466 e. The molecule has 0 unspecified atom stereocenters. The van der Waals surface area contributed by atoms with Crippen LogP contribution in [0.4, 0.5) is 0 Å². The first-order valence-corrected chi connectivity index (χ1v) is 19.3. The van der Waals surface area contributed by atoms with E-state index in [1.54, 1.807) is 0 Å². The maximum atomic E-state index is 11.8. The van der Waals surface area contributed by atoms with Gasteiger partial charge in [-0.3, -0.25) is 24.0 Å². The normalized spacial score (nSPS) is 12.2. The average molecular weight is 719 g/mol. The number of carbonyl (C=O) groups excluding carboxylic acids is 5. The number of carbonyl (C=O) groups is 5. The Labute approximate surface area is 301 Å².